The Hall–Kier alpha value is -1.90. The number of rotatable bonds is 5. The fraction of sp³-hybridized carbons (Fsp3) is 0.200. The summed E-state index contributed by atoms with van der Waals surface area (Å²) in [5.41, 5.74) is 1.26. The van der Waals surface area contributed by atoms with Gasteiger partial charge in [-0.05, 0) is 40.5 Å². The van der Waals surface area contributed by atoms with E-state index in [1.54, 1.807) is 27.7 Å². The molecule has 1 N–H and O–H groups in total. The van der Waals surface area contributed by atoms with Crippen LogP contribution in [-0.2, 0) is 13.1 Å². The average molecular weight is 444 g/mol. The van der Waals surface area contributed by atoms with Crippen molar-refractivity contribution in [3.8, 4) is 0 Å². The van der Waals surface area contributed by atoms with Crippen molar-refractivity contribution in [3.05, 3.63) is 56.5 Å². The Morgan fingerprint density at radius 1 is 1.36 bits per heavy atom. The molecule has 0 aliphatic heterocycles. The number of carbonyl (C=O) groups is 1. The van der Waals surface area contributed by atoms with Gasteiger partial charge < -0.3 is 0 Å². The normalized spacial score (nSPS) is 10.9. The Bertz CT molecular complexity index is 923. The van der Waals surface area contributed by atoms with Crippen LogP contribution in [0.2, 0.25) is 10.0 Å². The van der Waals surface area contributed by atoms with Crippen molar-refractivity contribution in [2.75, 3.05) is 5.32 Å². The predicted octanol–water partition coefficient (Wildman–Crippen LogP) is 3.86. The quantitative estimate of drug-likeness (QED) is 0.649. The maximum atomic E-state index is 12.4. The third-order valence-electron chi connectivity index (χ3n) is 3.42. The van der Waals surface area contributed by atoms with Crippen molar-refractivity contribution >= 4 is 51.0 Å². The van der Waals surface area contributed by atoms with Crippen molar-refractivity contribution in [2.24, 2.45) is 0 Å². The second-order valence-electron chi connectivity index (χ2n) is 5.11. The lowest BCUT2D eigenvalue weighted by Gasteiger charge is -2.05. The standard InChI is InChI=1S/C15H13BrCl2N6O/c1-2-24-13(11(16)6-20-24)14(25)21-15-19-8-23(22-15)7-9-3-4-10(17)5-12(9)18/h3-6,8H,2,7H2,1H3,(H,21,22,25). The zero-order valence-electron chi connectivity index (χ0n) is 13.1. The number of hydrogen-bond acceptors (Lipinski definition) is 4. The van der Waals surface area contributed by atoms with Gasteiger partial charge in [0, 0.05) is 16.6 Å². The summed E-state index contributed by atoms with van der Waals surface area (Å²) in [6.45, 7) is 2.89. The zero-order valence-corrected chi connectivity index (χ0v) is 16.2. The molecule has 0 atom stereocenters. The number of benzene rings is 1. The molecule has 130 valence electrons. The second-order valence-corrected chi connectivity index (χ2v) is 6.81. The Labute approximate surface area is 162 Å². The van der Waals surface area contributed by atoms with E-state index in [0.29, 0.717) is 33.3 Å². The summed E-state index contributed by atoms with van der Waals surface area (Å²) in [5, 5.41) is 12.1. The van der Waals surface area contributed by atoms with E-state index in [-0.39, 0.29) is 11.9 Å². The van der Waals surface area contributed by atoms with Crippen molar-refractivity contribution in [1.82, 2.24) is 24.5 Å². The van der Waals surface area contributed by atoms with Gasteiger partial charge in [0.05, 0.1) is 17.2 Å². The van der Waals surface area contributed by atoms with E-state index in [1.165, 1.54) is 6.33 Å². The molecule has 0 saturated heterocycles. The predicted molar refractivity (Wildman–Crippen MR) is 99.1 cm³/mol. The van der Waals surface area contributed by atoms with Crippen LogP contribution in [0.4, 0.5) is 5.95 Å². The van der Waals surface area contributed by atoms with Crippen LogP contribution >= 0.6 is 39.1 Å². The first-order chi connectivity index (χ1) is 12.0. The number of nitrogens with zero attached hydrogens (tertiary/aromatic N) is 5. The summed E-state index contributed by atoms with van der Waals surface area (Å²) in [4.78, 5) is 16.5. The smallest absolute Gasteiger partial charge is 0.277 e. The second kappa shape index (κ2) is 7.55. The molecule has 0 radical (unpaired) electrons. The van der Waals surface area contributed by atoms with E-state index in [2.05, 4.69) is 36.4 Å². The summed E-state index contributed by atoms with van der Waals surface area (Å²) in [6, 6.07) is 5.24. The molecule has 0 aliphatic carbocycles. The van der Waals surface area contributed by atoms with Crippen LogP contribution in [0.1, 0.15) is 23.0 Å². The maximum absolute atomic E-state index is 12.4. The number of amides is 1. The number of nitrogens with one attached hydrogen (secondary N) is 1. The number of aryl methyl sites for hydroxylation is 1. The minimum atomic E-state index is -0.339. The van der Waals surface area contributed by atoms with Gasteiger partial charge in [0.2, 0.25) is 5.95 Å². The highest BCUT2D eigenvalue weighted by molar-refractivity contribution is 9.10. The molecule has 1 aromatic carbocycles. The molecule has 7 nitrogen and oxygen atoms in total. The average Bonchev–Trinajstić information content (AvgIpc) is 3.16. The summed E-state index contributed by atoms with van der Waals surface area (Å²) >= 11 is 15.4. The number of halogens is 3. The highest BCUT2D eigenvalue weighted by Gasteiger charge is 2.18. The lowest BCUT2D eigenvalue weighted by atomic mass is 10.2. The Morgan fingerprint density at radius 2 is 2.16 bits per heavy atom. The molecule has 0 saturated carbocycles. The molecule has 0 spiro atoms. The summed E-state index contributed by atoms with van der Waals surface area (Å²) in [6.07, 6.45) is 3.10. The van der Waals surface area contributed by atoms with Gasteiger partial charge in [0.25, 0.3) is 5.91 Å². The topological polar surface area (TPSA) is 77.6 Å². The Balaban J connectivity index is 1.73. The monoisotopic (exact) mass is 442 g/mol. The Morgan fingerprint density at radius 3 is 2.88 bits per heavy atom. The van der Waals surface area contributed by atoms with Crippen LogP contribution in [-0.4, -0.2) is 30.5 Å². The minimum Gasteiger partial charge on any atom is -0.288 e. The van der Waals surface area contributed by atoms with Crippen molar-refractivity contribution in [1.29, 1.82) is 0 Å². The molecule has 0 aliphatic rings. The van der Waals surface area contributed by atoms with Crippen molar-refractivity contribution in [2.45, 2.75) is 20.0 Å². The number of anilines is 1. The van der Waals surface area contributed by atoms with Gasteiger partial charge in [-0.2, -0.15) is 5.10 Å². The molecule has 10 heteroatoms. The number of carbonyl (C=O) groups excluding carboxylic acids is 1. The number of hydrogen-bond donors (Lipinski definition) is 1. The van der Waals surface area contributed by atoms with E-state index >= 15 is 0 Å². The molecule has 2 heterocycles. The fourth-order valence-electron chi connectivity index (χ4n) is 2.24. The third-order valence-corrected chi connectivity index (χ3v) is 4.59. The van der Waals surface area contributed by atoms with E-state index < -0.39 is 0 Å². The Kier molecular flexibility index (Phi) is 5.41. The maximum Gasteiger partial charge on any atom is 0.277 e. The first-order valence-electron chi connectivity index (χ1n) is 7.34. The van der Waals surface area contributed by atoms with Crippen LogP contribution in [0.25, 0.3) is 0 Å². The molecule has 0 bridgehead atoms. The largest absolute Gasteiger partial charge is 0.288 e. The van der Waals surface area contributed by atoms with Gasteiger partial charge in [0.15, 0.2) is 0 Å². The summed E-state index contributed by atoms with van der Waals surface area (Å²) in [7, 11) is 0. The van der Waals surface area contributed by atoms with Crippen LogP contribution in [0, 0.1) is 0 Å². The molecule has 3 rings (SSSR count). The lowest BCUT2D eigenvalue weighted by Crippen LogP contribution is -2.19. The van der Waals surface area contributed by atoms with Gasteiger partial charge in [-0.15, -0.1) is 5.10 Å². The molecule has 0 fully saturated rings. The third kappa shape index (κ3) is 4.02. The van der Waals surface area contributed by atoms with Crippen LogP contribution in [0.3, 0.4) is 0 Å². The van der Waals surface area contributed by atoms with Gasteiger partial charge in [-0.1, -0.05) is 29.3 Å². The summed E-state index contributed by atoms with van der Waals surface area (Å²) < 4.78 is 3.78. The van der Waals surface area contributed by atoms with Gasteiger partial charge in [-0.3, -0.25) is 14.8 Å². The zero-order chi connectivity index (χ0) is 18.0. The van der Waals surface area contributed by atoms with Gasteiger partial charge in [-0.25, -0.2) is 9.67 Å². The van der Waals surface area contributed by atoms with Gasteiger partial charge >= 0.3 is 0 Å². The van der Waals surface area contributed by atoms with Crippen LogP contribution in [0.15, 0.2) is 35.2 Å². The molecule has 3 aromatic rings. The molecule has 2 aromatic heterocycles. The molecule has 1 amide bonds. The van der Waals surface area contributed by atoms with E-state index in [0.717, 1.165) is 5.56 Å². The first kappa shape index (κ1) is 17.9. The first-order valence-corrected chi connectivity index (χ1v) is 8.89. The van der Waals surface area contributed by atoms with Crippen LogP contribution in [0.5, 0.6) is 0 Å². The number of aromatic nitrogens is 5. The van der Waals surface area contributed by atoms with E-state index in [4.69, 9.17) is 23.2 Å². The lowest BCUT2D eigenvalue weighted by molar-refractivity contribution is 0.101. The van der Waals surface area contributed by atoms with Crippen molar-refractivity contribution in [3.63, 3.8) is 0 Å². The molecule has 0 unspecified atom stereocenters. The highest BCUT2D eigenvalue weighted by atomic mass is 79.9. The molecular formula is C15H13BrCl2N6O. The van der Waals surface area contributed by atoms with Gasteiger partial charge in [0.1, 0.15) is 12.0 Å². The molecule has 25 heavy (non-hydrogen) atoms. The fourth-order valence-corrected chi connectivity index (χ4v) is 3.19. The SMILES string of the molecule is CCn1ncc(Br)c1C(=O)Nc1ncn(Cc2ccc(Cl)cc2Cl)n1. The minimum absolute atomic E-state index is 0.200. The summed E-state index contributed by atoms with van der Waals surface area (Å²) in [5.74, 6) is -0.140. The van der Waals surface area contributed by atoms with Crippen LogP contribution < -0.4 is 5.32 Å². The van der Waals surface area contributed by atoms with E-state index in [9.17, 15) is 4.79 Å². The highest BCUT2D eigenvalue weighted by Crippen LogP contribution is 2.22. The van der Waals surface area contributed by atoms with E-state index in [1.807, 2.05) is 13.0 Å². The molecular weight excluding hydrogens is 431 g/mol. The van der Waals surface area contributed by atoms with Crippen molar-refractivity contribution < 1.29 is 4.79 Å².